The molecule has 1 atom stereocenters. The fraction of sp³-hybridized carbons (Fsp3) is 0.786. The van der Waals surface area contributed by atoms with E-state index in [9.17, 15) is 0 Å². The van der Waals surface area contributed by atoms with Crippen molar-refractivity contribution in [3.8, 4) is 0 Å². The molecule has 0 bridgehead atoms. The lowest BCUT2D eigenvalue weighted by Crippen LogP contribution is -2.37. The smallest absolute Gasteiger partial charge is 0.195 e. The van der Waals surface area contributed by atoms with Gasteiger partial charge in [-0.1, -0.05) is 6.92 Å². The number of hydrogen-bond acceptors (Lipinski definition) is 4. The molecule has 0 radical (unpaired) electrons. The van der Waals surface area contributed by atoms with Crippen LogP contribution in [0.4, 0.5) is 0 Å². The molecule has 104 valence electrons. The largest absolute Gasteiger partial charge is 0.443 e. The first-order chi connectivity index (χ1) is 8.30. The van der Waals surface area contributed by atoms with Crippen molar-refractivity contribution in [2.24, 2.45) is 0 Å². The molecule has 0 saturated carbocycles. The van der Waals surface area contributed by atoms with Gasteiger partial charge in [0, 0.05) is 25.6 Å². The summed E-state index contributed by atoms with van der Waals surface area (Å²) in [5.41, 5.74) is -0.247. The van der Waals surface area contributed by atoms with Crippen LogP contribution in [0.2, 0.25) is 0 Å². The molecule has 1 aromatic rings. The predicted molar refractivity (Wildman–Crippen MR) is 72.6 cm³/mol. The Morgan fingerprint density at radius 2 is 2.00 bits per heavy atom. The highest BCUT2D eigenvalue weighted by Gasteiger charge is 2.28. The zero-order valence-corrected chi connectivity index (χ0v) is 12.5. The summed E-state index contributed by atoms with van der Waals surface area (Å²) in [6.45, 7) is 11.4. The summed E-state index contributed by atoms with van der Waals surface area (Å²) in [6.07, 6.45) is 3.43. The van der Waals surface area contributed by atoms with E-state index >= 15 is 0 Å². The Balaban J connectivity index is 2.59. The standard InChI is InChI=1S/C14H26N2O2/c1-7-14(5,17-6)11-10-15-12(18-11)8-9-16-13(2,3)4/h10,16H,7-9H2,1-6H3. The topological polar surface area (TPSA) is 47.3 Å². The Bertz CT molecular complexity index is 362. The lowest BCUT2D eigenvalue weighted by molar-refractivity contribution is -0.0197. The third-order valence-electron chi connectivity index (χ3n) is 3.19. The molecule has 4 heteroatoms. The number of nitrogens with one attached hydrogen (secondary N) is 1. The van der Waals surface area contributed by atoms with Gasteiger partial charge in [-0.25, -0.2) is 4.98 Å². The molecule has 0 aliphatic carbocycles. The van der Waals surface area contributed by atoms with Gasteiger partial charge in [0.2, 0.25) is 0 Å². The zero-order chi connectivity index (χ0) is 13.8. The van der Waals surface area contributed by atoms with Crippen LogP contribution in [0.1, 0.15) is 52.7 Å². The van der Waals surface area contributed by atoms with Crippen LogP contribution in [0, 0.1) is 0 Å². The molecule has 0 aromatic carbocycles. The van der Waals surface area contributed by atoms with Gasteiger partial charge in [-0.05, 0) is 34.1 Å². The zero-order valence-electron chi connectivity index (χ0n) is 12.5. The molecule has 0 fully saturated rings. The first-order valence-corrected chi connectivity index (χ1v) is 6.56. The number of aromatic nitrogens is 1. The Morgan fingerprint density at radius 3 is 2.50 bits per heavy atom. The third-order valence-corrected chi connectivity index (χ3v) is 3.19. The van der Waals surface area contributed by atoms with Gasteiger partial charge >= 0.3 is 0 Å². The second-order valence-corrected chi connectivity index (χ2v) is 5.83. The van der Waals surface area contributed by atoms with E-state index < -0.39 is 0 Å². The third kappa shape index (κ3) is 4.10. The van der Waals surface area contributed by atoms with E-state index in [0.717, 1.165) is 31.0 Å². The Morgan fingerprint density at radius 1 is 1.33 bits per heavy atom. The summed E-state index contributed by atoms with van der Waals surface area (Å²) >= 11 is 0. The molecule has 0 spiro atoms. The second kappa shape index (κ2) is 5.85. The molecule has 18 heavy (non-hydrogen) atoms. The summed E-state index contributed by atoms with van der Waals surface area (Å²) < 4.78 is 11.3. The molecule has 0 aliphatic heterocycles. The molecular formula is C14H26N2O2. The highest BCUT2D eigenvalue weighted by Crippen LogP contribution is 2.28. The summed E-state index contributed by atoms with van der Waals surface area (Å²) in [5, 5.41) is 3.42. The number of rotatable bonds is 6. The van der Waals surface area contributed by atoms with Crippen molar-refractivity contribution in [3.63, 3.8) is 0 Å². The minimum Gasteiger partial charge on any atom is -0.443 e. The minimum atomic E-state index is -0.372. The van der Waals surface area contributed by atoms with Crippen LogP contribution in [-0.4, -0.2) is 24.2 Å². The number of ether oxygens (including phenoxy) is 1. The normalized spacial score (nSPS) is 15.7. The Hall–Kier alpha value is -0.870. The van der Waals surface area contributed by atoms with Gasteiger partial charge in [-0.3, -0.25) is 0 Å². The average Bonchev–Trinajstić information content (AvgIpc) is 2.75. The fourth-order valence-corrected chi connectivity index (χ4v) is 1.63. The number of hydrogen-bond donors (Lipinski definition) is 1. The molecule has 0 aliphatic rings. The van der Waals surface area contributed by atoms with E-state index in [1.54, 1.807) is 13.3 Å². The predicted octanol–water partition coefficient (Wildman–Crippen LogP) is 2.88. The maximum absolute atomic E-state index is 5.77. The summed E-state index contributed by atoms with van der Waals surface area (Å²) in [6, 6.07) is 0. The van der Waals surface area contributed by atoms with Crippen LogP contribution < -0.4 is 5.32 Å². The van der Waals surface area contributed by atoms with E-state index in [0.29, 0.717) is 0 Å². The van der Waals surface area contributed by atoms with Gasteiger partial charge in [-0.2, -0.15) is 0 Å². The van der Waals surface area contributed by atoms with Gasteiger partial charge in [0.15, 0.2) is 11.7 Å². The van der Waals surface area contributed by atoms with Crippen LogP contribution in [0.5, 0.6) is 0 Å². The van der Waals surface area contributed by atoms with E-state index in [-0.39, 0.29) is 11.1 Å². The van der Waals surface area contributed by atoms with E-state index in [1.165, 1.54) is 0 Å². The first-order valence-electron chi connectivity index (χ1n) is 6.56. The molecule has 1 N–H and O–H groups in total. The summed E-state index contributed by atoms with van der Waals surface area (Å²) in [7, 11) is 1.70. The highest BCUT2D eigenvalue weighted by atomic mass is 16.5. The Kier molecular flexibility index (Phi) is 4.93. The van der Waals surface area contributed by atoms with E-state index in [2.05, 4.69) is 38.0 Å². The lowest BCUT2D eigenvalue weighted by atomic mass is 10.0. The quantitative estimate of drug-likeness (QED) is 0.848. The van der Waals surface area contributed by atoms with E-state index in [4.69, 9.17) is 9.15 Å². The van der Waals surface area contributed by atoms with Crippen LogP contribution in [0.25, 0.3) is 0 Å². The highest BCUT2D eigenvalue weighted by molar-refractivity contribution is 5.05. The van der Waals surface area contributed by atoms with Gasteiger partial charge in [-0.15, -0.1) is 0 Å². The number of methoxy groups -OCH3 is 1. The maximum atomic E-state index is 5.77. The SMILES string of the molecule is CCC(C)(OC)c1cnc(CCNC(C)(C)C)o1. The number of nitrogens with zero attached hydrogens (tertiary/aromatic N) is 1. The summed E-state index contributed by atoms with van der Waals surface area (Å²) in [5.74, 6) is 1.57. The van der Waals surface area contributed by atoms with Crippen molar-refractivity contribution < 1.29 is 9.15 Å². The van der Waals surface area contributed by atoms with Crippen molar-refractivity contribution in [3.05, 3.63) is 17.8 Å². The van der Waals surface area contributed by atoms with Crippen LogP contribution in [0.15, 0.2) is 10.6 Å². The van der Waals surface area contributed by atoms with E-state index in [1.807, 2.05) is 6.92 Å². The van der Waals surface area contributed by atoms with Crippen molar-refractivity contribution >= 4 is 0 Å². The molecule has 0 amide bonds. The maximum Gasteiger partial charge on any atom is 0.195 e. The fourth-order valence-electron chi connectivity index (χ4n) is 1.63. The van der Waals surface area contributed by atoms with Gasteiger partial charge in [0.1, 0.15) is 5.60 Å². The van der Waals surface area contributed by atoms with Gasteiger partial charge < -0.3 is 14.5 Å². The Labute approximate surface area is 110 Å². The molecule has 1 unspecified atom stereocenters. The summed E-state index contributed by atoms with van der Waals surface area (Å²) in [4.78, 5) is 4.31. The monoisotopic (exact) mass is 254 g/mol. The second-order valence-electron chi connectivity index (χ2n) is 5.83. The molecule has 1 rings (SSSR count). The van der Waals surface area contributed by atoms with Crippen molar-refractivity contribution in [1.82, 2.24) is 10.3 Å². The minimum absolute atomic E-state index is 0.125. The van der Waals surface area contributed by atoms with Gasteiger partial charge in [0.25, 0.3) is 0 Å². The van der Waals surface area contributed by atoms with Crippen molar-refractivity contribution in [2.45, 2.75) is 58.6 Å². The van der Waals surface area contributed by atoms with Crippen molar-refractivity contribution in [1.29, 1.82) is 0 Å². The molecular weight excluding hydrogens is 228 g/mol. The molecule has 4 nitrogen and oxygen atoms in total. The van der Waals surface area contributed by atoms with Crippen LogP contribution >= 0.6 is 0 Å². The molecule has 1 aromatic heterocycles. The van der Waals surface area contributed by atoms with Crippen molar-refractivity contribution in [2.75, 3.05) is 13.7 Å². The van der Waals surface area contributed by atoms with Crippen LogP contribution in [0.3, 0.4) is 0 Å². The van der Waals surface area contributed by atoms with Gasteiger partial charge in [0.05, 0.1) is 6.20 Å². The lowest BCUT2D eigenvalue weighted by Gasteiger charge is -2.23. The van der Waals surface area contributed by atoms with Crippen LogP contribution in [-0.2, 0) is 16.8 Å². The average molecular weight is 254 g/mol. The first kappa shape index (κ1) is 15.2. The molecule has 0 saturated heterocycles. The number of oxazole rings is 1. The molecule has 1 heterocycles.